The van der Waals surface area contributed by atoms with Gasteiger partial charge in [-0.15, -0.1) is 0 Å². The molecule has 7 rings (SSSR count). The van der Waals surface area contributed by atoms with E-state index in [1.165, 1.54) is 0 Å². The van der Waals surface area contributed by atoms with E-state index in [2.05, 4.69) is 71.0 Å². The molecule has 0 aliphatic carbocycles. The molecule has 0 aliphatic rings. The van der Waals surface area contributed by atoms with Crippen molar-refractivity contribution in [2.24, 2.45) is 0 Å². The van der Waals surface area contributed by atoms with E-state index < -0.39 is 0 Å². The van der Waals surface area contributed by atoms with Gasteiger partial charge < -0.3 is 0 Å². The molecule has 0 saturated carbocycles. The first kappa shape index (κ1) is 31.4. The van der Waals surface area contributed by atoms with Crippen LogP contribution in [0.15, 0.2) is 101 Å². The first-order valence-electron chi connectivity index (χ1n) is 14.3. The van der Waals surface area contributed by atoms with Crippen molar-refractivity contribution >= 4 is 68.0 Å². The Bertz CT molecular complexity index is 2050. The zero-order chi connectivity index (χ0) is 32.4. The van der Waals surface area contributed by atoms with E-state index in [4.69, 9.17) is 0 Å². The van der Waals surface area contributed by atoms with Crippen LogP contribution in [-0.2, 0) is 0 Å². The van der Waals surface area contributed by atoms with Gasteiger partial charge in [0, 0.05) is 65.7 Å². The Morgan fingerprint density at radius 1 is 0.229 bits per heavy atom. The van der Waals surface area contributed by atoms with E-state index in [0.29, 0.717) is 33.4 Å². The molecule has 0 unspecified atom stereocenters. The maximum Gasteiger partial charge on any atom is 0.0588 e. The molecule has 0 saturated heterocycles. The second-order valence-corrected chi connectivity index (χ2v) is 14.5. The minimum Gasteiger partial charge on any atom is -0.151 e. The van der Waals surface area contributed by atoms with Crippen LogP contribution in [0.5, 0.6) is 0 Å². The molecule has 222 valence electrons. The Labute approximate surface area is 304 Å². The largest absolute Gasteiger partial charge is 0.151 e. The molecular weight excluding hydrogens is 697 g/mol. The Kier molecular flexibility index (Phi) is 10.2. The van der Waals surface area contributed by atoms with Crippen LogP contribution in [0.1, 0.15) is 66.8 Å². The third kappa shape index (κ3) is 7.83. The summed E-state index contributed by atoms with van der Waals surface area (Å²) in [5.41, 5.74) is 9.69. The van der Waals surface area contributed by atoms with E-state index in [1.807, 2.05) is 101 Å². The van der Waals surface area contributed by atoms with E-state index in [-0.39, 0.29) is 0 Å². The molecule has 7 aromatic rings. The molecule has 0 atom stereocenters. The fourth-order valence-electron chi connectivity index (χ4n) is 4.32. The second kappa shape index (κ2) is 15.6. The van der Waals surface area contributed by atoms with E-state index in [9.17, 15) is 0 Å². The van der Waals surface area contributed by atoms with Crippen molar-refractivity contribution in [1.82, 2.24) is 0 Å². The van der Waals surface area contributed by atoms with E-state index in [0.717, 1.165) is 33.4 Å². The Morgan fingerprint density at radius 3 is 0.521 bits per heavy atom. The minimum absolute atomic E-state index is 0.692. The smallest absolute Gasteiger partial charge is 0.0588 e. The highest BCUT2D eigenvalue weighted by atomic mass is 32.1. The molecule has 0 radical (unpaired) electrons. The Morgan fingerprint density at radius 2 is 0.396 bits per heavy atom. The number of benzene rings is 1. The van der Waals surface area contributed by atoms with E-state index in [1.54, 1.807) is 68.0 Å². The highest BCUT2D eigenvalue weighted by Gasteiger charge is 2.20. The van der Waals surface area contributed by atoms with Crippen molar-refractivity contribution in [3.05, 3.63) is 168 Å². The summed E-state index contributed by atoms with van der Waals surface area (Å²) in [5, 5.41) is 24.4. The Hall–Kier alpha value is -5.22. The van der Waals surface area contributed by atoms with E-state index >= 15 is 0 Å². The number of hydrogen-bond acceptors (Lipinski definition) is 6. The molecule has 48 heavy (non-hydrogen) atoms. The third-order valence-electron chi connectivity index (χ3n) is 6.62. The van der Waals surface area contributed by atoms with Crippen LogP contribution in [0, 0.1) is 71.0 Å². The van der Waals surface area contributed by atoms with Crippen LogP contribution < -0.4 is 0 Å². The van der Waals surface area contributed by atoms with Gasteiger partial charge in [-0.1, -0.05) is 71.0 Å². The lowest BCUT2D eigenvalue weighted by molar-refractivity contribution is 1.43. The fraction of sp³-hybridized carbons (Fsp3) is 0. The molecule has 1 aromatic carbocycles. The summed E-state index contributed by atoms with van der Waals surface area (Å²) in [6.45, 7) is 0. The standard InChI is InChI=1S/C42H18S6/c1(31-13-19-43-25-31)7-37-38(8-2-32-14-20-44-26-32)40(10-4-34-16-22-46-28-34)42(12-6-36-18-24-48-30-36)41(11-5-35-17-23-47-29-35)39(37)9-3-33-15-21-45-27-33/h13-30H. The Balaban J connectivity index is 1.63. The van der Waals surface area contributed by atoms with Gasteiger partial charge in [0.25, 0.3) is 0 Å². The minimum atomic E-state index is 0.692. The van der Waals surface area contributed by atoms with Gasteiger partial charge >= 0.3 is 0 Å². The summed E-state index contributed by atoms with van der Waals surface area (Å²) in [6.07, 6.45) is 0. The lowest BCUT2D eigenvalue weighted by Crippen LogP contribution is -2.05. The summed E-state index contributed by atoms with van der Waals surface area (Å²) in [7, 11) is 0. The summed E-state index contributed by atoms with van der Waals surface area (Å²) in [5.74, 6) is 41.2. The maximum absolute atomic E-state index is 3.49. The monoisotopic (exact) mass is 714 g/mol. The normalized spacial score (nSPS) is 9.50. The average molecular weight is 715 g/mol. The number of thiophene rings is 6. The van der Waals surface area contributed by atoms with Gasteiger partial charge in [-0.2, -0.15) is 68.0 Å². The van der Waals surface area contributed by atoms with Crippen molar-refractivity contribution in [3.8, 4) is 71.0 Å². The SMILES string of the molecule is C(#Cc1c(C#Cc2ccsc2)c(C#Cc2ccsc2)c(C#Cc2ccsc2)c(C#Cc2ccsc2)c1C#Cc1ccsc1)c1ccsc1. The average Bonchev–Trinajstić information content (AvgIpc) is 3.96. The van der Waals surface area contributed by atoms with Crippen molar-refractivity contribution in [1.29, 1.82) is 0 Å². The molecule has 0 N–H and O–H groups in total. The molecule has 6 aromatic heterocycles. The summed E-state index contributed by atoms with van der Waals surface area (Å²) < 4.78 is 0. The molecule has 0 aliphatic heterocycles. The maximum atomic E-state index is 3.49. The molecule has 0 nitrogen and oxygen atoms in total. The van der Waals surface area contributed by atoms with Crippen LogP contribution >= 0.6 is 68.0 Å². The van der Waals surface area contributed by atoms with Gasteiger partial charge in [-0.25, -0.2) is 0 Å². The molecule has 6 heteroatoms. The molecule has 0 spiro atoms. The van der Waals surface area contributed by atoms with Crippen molar-refractivity contribution in [2.45, 2.75) is 0 Å². The van der Waals surface area contributed by atoms with Crippen molar-refractivity contribution < 1.29 is 0 Å². The van der Waals surface area contributed by atoms with Gasteiger partial charge in [0.05, 0.1) is 33.4 Å². The van der Waals surface area contributed by atoms with Crippen molar-refractivity contribution in [2.75, 3.05) is 0 Å². The van der Waals surface area contributed by atoms with Gasteiger partial charge in [0.2, 0.25) is 0 Å². The van der Waals surface area contributed by atoms with Crippen molar-refractivity contribution in [3.63, 3.8) is 0 Å². The van der Waals surface area contributed by atoms with Gasteiger partial charge in [-0.05, 0) is 68.7 Å². The van der Waals surface area contributed by atoms with Gasteiger partial charge in [0.1, 0.15) is 0 Å². The second-order valence-electron chi connectivity index (χ2n) is 9.82. The fourth-order valence-corrected chi connectivity index (χ4v) is 7.85. The highest BCUT2D eigenvalue weighted by Crippen LogP contribution is 2.28. The van der Waals surface area contributed by atoms with Gasteiger partial charge in [0.15, 0.2) is 0 Å². The summed E-state index contributed by atoms with van der Waals surface area (Å²) >= 11 is 9.67. The lowest BCUT2D eigenvalue weighted by Gasteiger charge is -2.12. The molecule has 6 heterocycles. The predicted octanol–water partition coefficient (Wildman–Crippen LogP) is 10.5. The molecule has 0 fully saturated rings. The molecule has 0 amide bonds. The highest BCUT2D eigenvalue weighted by molar-refractivity contribution is 7.09. The topological polar surface area (TPSA) is 0 Å². The quantitative estimate of drug-likeness (QED) is 0.137. The van der Waals surface area contributed by atoms with Crippen LogP contribution in [0.4, 0.5) is 0 Å². The zero-order valence-corrected chi connectivity index (χ0v) is 29.7. The summed E-state index contributed by atoms with van der Waals surface area (Å²) in [6, 6.07) is 12.1. The zero-order valence-electron chi connectivity index (χ0n) is 24.8. The first-order chi connectivity index (χ1) is 23.8. The van der Waals surface area contributed by atoms with Crippen LogP contribution in [0.3, 0.4) is 0 Å². The molecular formula is C42H18S6. The van der Waals surface area contributed by atoms with Crippen LogP contribution in [-0.4, -0.2) is 0 Å². The number of rotatable bonds is 0. The predicted molar refractivity (Wildman–Crippen MR) is 208 cm³/mol. The third-order valence-corrected chi connectivity index (χ3v) is 10.7. The van der Waals surface area contributed by atoms with Crippen LogP contribution in [0.2, 0.25) is 0 Å². The van der Waals surface area contributed by atoms with Crippen LogP contribution in [0.25, 0.3) is 0 Å². The lowest BCUT2D eigenvalue weighted by atomic mass is 9.86. The summed E-state index contributed by atoms with van der Waals surface area (Å²) in [4.78, 5) is 0. The number of hydrogen-bond donors (Lipinski definition) is 0. The molecule has 0 bridgehead atoms. The van der Waals surface area contributed by atoms with Gasteiger partial charge in [-0.3, -0.25) is 0 Å². The first-order valence-corrected chi connectivity index (χ1v) is 19.9.